The molecule has 0 aliphatic carbocycles. The summed E-state index contributed by atoms with van der Waals surface area (Å²) in [7, 11) is 3.27. The molecule has 1 spiro atoms. The Kier molecular flexibility index (Phi) is 3.65. The van der Waals surface area contributed by atoms with Gasteiger partial charge in [-0.3, -0.25) is 19.7 Å². The highest BCUT2D eigenvalue weighted by molar-refractivity contribution is 6.31. The van der Waals surface area contributed by atoms with Gasteiger partial charge in [0.05, 0.1) is 16.4 Å². The van der Waals surface area contributed by atoms with E-state index in [9.17, 15) is 9.59 Å². The fraction of sp³-hybridized carbons (Fsp3) is 0.643. The Bertz CT molecular complexity index is 621. The topological polar surface area (TPSA) is 72.5 Å². The van der Waals surface area contributed by atoms with E-state index in [0.29, 0.717) is 24.4 Å². The quantitative estimate of drug-likeness (QED) is 0.830. The second kappa shape index (κ2) is 5.24. The van der Waals surface area contributed by atoms with Gasteiger partial charge in [-0.2, -0.15) is 5.10 Å². The van der Waals surface area contributed by atoms with Crippen LogP contribution in [-0.4, -0.2) is 69.6 Å². The van der Waals surface area contributed by atoms with Crippen molar-refractivity contribution in [3.8, 4) is 0 Å². The largest absolute Gasteiger partial charge is 0.327 e. The molecule has 0 radical (unpaired) electrons. The van der Waals surface area contributed by atoms with Crippen molar-refractivity contribution in [2.75, 3.05) is 27.2 Å². The number of hydrogen-bond donors (Lipinski definition) is 1. The van der Waals surface area contributed by atoms with E-state index < -0.39 is 5.54 Å². The third-order valence-corrected chi connectivity index (χ3v) is 5.42. The summed E-state index contributed by atoms with van der Waals surface area (Å²) >= 11 is 6.20. The Labute approximate surface area is 134 Å². The van der Waals surface area contributed by atoms with E-state index in [0.717, 1.165) is 24.5 Å². The Morgan fingerprint density at radius 2 is 1.91 bits per heavy atom. The Morgan fingerprint density at radius 3 is 2.36 bits per heavy atom. The summed E-state index contributed by atoms with van der Waals surface area (Å²) < 4.78 is 0. The average Bonchev–Trinajstić information content (AvgIpc) is 2.91. The van der Waals surface area contributed by atoms with Crippen molar-refractivity contribution in [2.24, 2.45) is 0 Å². The van der Waals surface area contributed by atoms with Gasteiger partial charge in [-0.05, 0) is 19.8 Å². The number of hydrogen-bond acceptors (Lipinski definition) is 4. The molecule has 120 valence electrons. The molecule has 0 unspecified atom stereocenters. The van der Waals surface area contributed by atoms with Crippen LogP contribution in [0.3, 0.4) is 0 Å². The highest BCUT2D eigenvalue weighted by Crippen LogP contribution is 2.36. The summed E-state index contributed by atoms with van der Waals surface area (Å²) in [4.78, 5) is 29.5. The van der Waals surface area contributed by atoms with Crippen molar-refractivity contribution in [1.82, 2.24) is 24.9 Å². The number of likely N-dealkylation sites (tertiary alicyclic amines) is 1. The zero-order valence-electron chi connectivity index (χ0n) is 13.0. The summed E-state index contributed by atoms with van der Waals surface area (Å²) in [5, 5.41) is 7.76. The van der Waals surface area contributed by atoms with Gasteiger partial charge in [0.2, 0.25) is 0 Å². The molecule has 22 heavy (non-hydrogen) atoms. The number of aromatic nitrogens is 2. The number of nitrogens with one attached hydrogen (secondary N) is 1. The molecule has 0 saturated carbocycles. The summed E-state index contributed by atoms with van der Waals surface area (Å²) in [5.74, 6) is -0.0895. The van der Waals surface area contributed by atoms with Crippen LogP contribution >= 0.6 is 11.6 Å². The standard InChI is InChI=1S/C14H20ClN5O2/c1-9-11(15)10(17-16-9)8-20-6-4-14(5-7-20)12(21)18(2)13(22)19(14)3/h4-8H2,1-3H3,(H,16,17). The van der Waals surface area contributed by atoms with E-state index in [4.69, 9.17) is 11.6 Å². The lowest BCUT2D eigenvalue weighted by Crippen LogP contribution is -2.55. The molecule has 8 heteroatoms. The minimum absolute atomic E-state index is 0.0895. The molecule has 1 aromatic rings. The first-order valence-electron chi connectivity index (χ1n) is 7.34. The Balaban J connectivity index is 1.69. The molecule has 3 amide bonds. The van der Waals surface area contributed by atoms with Gasteiger partial charge in [0.1, 0.15) is 5.54 Å². The third-order valence-electron chi connectivity index (χ3n) is 4.92. The number of carbonyl (C=O) groups is 2. The predicted molar refractivity (Wildman–Crippen MR) is 81.5 cm³/mol. The lowest BCUT2D eigenvalue weighted by molar-refractivity contribution is -0.134. The minimum Gasteiger partial charge on any atom is -0.312 e. The normalized spacial score (nSPS) is 22.2. The van der Waals surface area contributed by atoms with Gasteiger partial charge in [-0.25, -0.2) is 4.79 Å². The number of rotatable bonds is 2. The van der Waals surface area contributed by atoms with Crippen molar-refractivity contribution in [3.63, 3.8) is 0 Å². The van der Waals surface area contributed by atoms with Gasteiger partial charge in [0.15, 0.2) is 0 Å². The van der Waals surface area contributed by atoms with E-state index in [1.54, 1.807) is 19.0 Å². The predicted octanol–water partition coefficient (Wildman–Crippen LogP) is 1.23. The molecule has 2 aliphatic heterocycles. The van der Waals surface area contributed by atoms with E-state index in [1.165, 1.54) is 4.90 Å². The molecule has 2 saturated heterocycles. The lowest BCUT2D eigenvalue weighted by atomic mass is 9.86. The molecule has 0 bridgehead atoms. The zero-order valence-corrected chi connectivity index (χ0v) is 13.8. The number of imide groups is 1. The first-order chi connectivity index (χ1) is 10.4. The number of piperidine rings is 1. The molecule has 7 nitrogen and oxygen atoms in total. The van der Waals surface area contributed by atoms with Gasteiger partial charge in [-0.1, -0.05) is 11.6 Å². The van der Waals surface area contributed by atoms with Crippen LogP contribution < -0.4 is 0 Å². The summed E-state index contributed by atoms with van der Waals surface area (Å²) in [6.45, 7) is 4.01. The fourth-order valence-corrected chi connectivity index (χ4v) is 3.51. The molecular formula is C14H20ClN5O2. The number of H-pyrrole nitrogens is 1. The summed E-state index contributed by atoms with van der Waals surface area (Å²) in [6, 6.07) is -0.218. The molecule has 3 rings (SSSR count). The van der Waals surface area contributed by atoms with Crippen LogP contribution in [0, 0.1) is 6.92 Å². The van der Waals surface area contributed by atoms with Crippen molar-refractivity contribution in [3.05, 3.63) is 16.4 Å². The Morgan fingerprint density at radius 1 is 1.27 bits per heavy atom. The molecular weight excluding hydrogens is 306 g/mol. The number of nitrogens with zero attached hydrogens (tertiary/aromatic N) is 4. The van der Waals surface area contributed by atoms with Crippen LogP contribution in [0.5, 0.6) is 0 Å². The number of likely N-dealkylation sites (N-methyl/N-ethyl adjacent to an activating group) is 2. The first-order valence-corrected chi connectivity index (χ1v) is 7.72. The highest BCUT2D eigenvalue weighted by Gasteiger charge is 2.55. The molecule has 3 heterocycles. The fourth-order valence-electron chi connectivity index (χ4n) is 3.36. The Hall–Kier alpha value is -1.60. The number of aryl methyl sites for hydroxylation is 1. The van der Waals surface area contributed by atoms with Gasteiger partial charge in [0, 0.05) is 33.7 Å². The summed E-state index contributed by atoms with van der Waals surface area (Å²) in [5.41, 5.74) is 1.02. The van der Waals surface area contributed by atoms with Gasteiger partial charge in [-0.15, -0.1) is 0 Å². The molecule has 2 fully saturated rings. The second-order valence-corrected chi connectivity index (χ2v) is 6.50. The molecule has 1 aromatic heterocycles. The van der Waals surface area contributed by atoms with Gasteiger partial charge >= 0.3 is 6.03 Å². The van der Waals surface area contributed by atoms with Crippen LogP contribution in [-0.2, 0) is 11.3 Å². The van der Waals surface area contributed by atoms with Crippen LogP contribution in [0.1, 0.15) is 24.2 Å². The van der Waals surface area contributed by atoms with Gasteiger partial charge in [0.25, 0.3) is 5.91 Å². The monoisotopic (exact) mass is 325 g/mol. The van der Waals surface area contributed by atoms with Crippen molar-refractivity contribution in [2.45, 2.75) is 31.8 Å². The SMILES string of the molecule is Cc1[nH]nc(CN2CCC3(CC2)C(=O)N(C)C(=O)N3C)c1Cl. The maximum Gasteiger partial charge on any atom is 0.327 e. The van der Waals surface area contributed by atoms with E-state index >= 15 is 0 Å². The third kappa shape index (κ3) is 2.11. The second-order valence-electron chi connectivity index (χ2n) is 6.12. The highest BCUT2D eigenvalue weighted by atomic mass is 35.5. The van der Waals surface area contributed by atoms with Crippen LogP contribution in [0.15, 0.2) is 0 Å². The number of urea groups is 1. The van der Waals surface area contributed by atoms with Gasteiger partial charge < -0.3 is 4.90 Å². The molecule has 0 aromatic carbocycles. The lowest BCUT2D eigenvalue weighted by Gasteiger charge is -2.40. The number of aromatic amines is 1. The van der Waals surface area contributed by atoms with Crippen LogP contribution in [0.2, 0.25) is 5.02 Å². The number of carbonyl (C=O) groups excluding carboxylic acids is 2. The van der Waals surface area contributed by atoms with Crippen LogP contribution in [0.4, 0.5) is 4.79 Å². The van der Waals surface area contributed by atoms with Crippen molar-refractivity contribution >= 4 is 23.5 Å². The molecule has 2 aliphatic rings. The van der Waals surface area contributed by atoms with E-state index in [1.807, 2.05) is 6.92 Å². The van der Waals surface area contributed by atoms with Crippen LogP contribution in [0.25, 0.3) is 0 Å². The smallest absolute Gasteiger partial charge is 0.312 e. The number of halogens is 1. The van der Waals surface area contributed by atoms with Crippen molar-refractivity contribution < 1.29 is 9.59 Å². The summed E-state index contributed by atoms with van der Waals surface area (Å²) in [6.07, 6.45) is 1.28. The minimum atomic E-state index is -0.673. The van der Waals surface area contributed by atoms with Crippen molar-refractivity contribution in [1.29, 1.82) is 0 Å². The molecule has 0 atom stereocenters. The van der Waals surface area contributed by atoms with E-state index in [2.05, 4.69) is 15.1 Å². The maximum atomic E-state index is 12.4. The molecule has 1 N–H and O–H groups in total. The first kappa shape index (κ1) is 15.3. The average molecular weight is 326 g/mol. The zero-order chi connectivity index (χ0) is 16.1. The van der Waals surface area contributed by atoms with E-state index in [-0.39, 0.29) is 11.9 Å². The number of amides is 3. The maximum absolute atomic E-state index is 12.4.